The van der Waals surface area contributed by atoms with Crippen LogP contribution < -0.4 is 4.90 Å². The third-order valence-corrected chi connectivity index (χ3v) is 5.87. The first-order valence-electron chi connectivity index (χ1n) is 9.93. The van der Waals surface area contributed by atoms with Crippen LogP contribution in [-0.4, -0.2) is 41.4 Å². The Bertz CT molecular complexity index is 999. The number of nitrogens with one attached hydrogen (secondary N) is 1. The summed E-state index contributed by atoms with van der Waals surface area (Å²) in [4.78, 5) is 23.1. The van der Waals surface area contributed by atoms with E-state index in [-0.39, 0.29) is 11.9 Å². The molecule has 2 aromatic carbocycles. The Morgan fingerprint density at radius 3 is 2.79 bits per heavy atom. The van der Waals surface area contributed by atoms with Crippen molar-refractivity contribution in [3.8, 4) is 0 Å². The van der Waals surface area contributed by atoms with Crippen molar-refractivity contribution in [2.75, 3.05) is 24.4 Å². The van der Waals surface area contributed by atoms with Gasteiger partial charge < -0.3 is 14.6 Å². The van der Waals surface area contributed by atoms with Crippen LogP contribution in [-0.2, 0) is 16.0 Å². The Kier molecular flexibility index (Phi) is 6.98. The van der Waals surface area contributed by atoms with Crippen LogP contribution in [0.2, 0.25) is 0 Å². The van der Waals surface area contributed by atoms with Gasteiger partial charge in [-0.2, -0.15) is 0 Å². The number of para-hydroxylation sites is 1. The number of fused-ring (bicyclic) bond motifs is 1. The number of carbonyl (C=O) groups excluding carboxylic acids is 1. The molecule has 3 aromatic rings. The van der Waals surface area contributed by atoms with Gasteiger partial charge in [0.1, 0.15) is 0 Å². The van der Waals surface area contributed by atoms with E-state index in [4.69, 9.17) is 4.74 Å². The summed E-state index contributed by atoms with van der Waals surface area (Å²) < 4.78 is 5.36. The molecule has 0 radical (unpaired) electrons. The molecule has 1 amide bonds. The minimum atomic E-state index is -0.0576. The number of hydrogen-bond donors (Lipinski definition) is 1. The van der Waals surface area contributed by atoms with E-state index in [0.29, 0.717) is 12.4 Å². The molecule has 0 saturated heterocycles. The molecule has 1 unspecified atom stereocenters. The highest BCUT2D eigenvalue weighted by molar-refractivity contribution is 7.99. The first kappa shape index (κ1) is 21.4. The molecule has 1 atom stereocenters. The van der Waals surface area contributed by atoms with E-state index in [2.05, 4.69) is 48.9 Å². The van der Waals surface area contributed by atoms with E-state index in [1.807, 2.05) is 30.0 Å². The second-order valence-corrected chi connectivity index (χ2v) is 8.32. The summed E-state index contributed by atoms with van der Waals surface area (Å²) >= 11 is 1.44. The molecule has 0 bridgehead atoms. The topological polar surface area (TPSA) is 58.2 Å². The van der Waals surface area contributed by atoms with Crippen LogP contribution in [0.5, 0.6) is 0 Å². The molecule has 0 saturated carbocycles. The van der Waals surface area contributed by atoms with Crippen molar-refractivity contribution in [3.05, 3.63) is 53.1 Å². The zero-order chi connectivity index (χ0) is 21.0. The van der Waals surface area contributed by atoms with Crippen molar-refractivity contribution in [3.63, 3.8) is 0 Å². The molecule has 1 aromatic heterocycles. The number of benzene rings is 2. The van der Waals surface area contributed by atoms with Crippen molar-refractivity contribution < 1.29 is 9.53 Å². The van der Waals surface area contributed by atoms with Gasteiger partial charge in [-0.25, -0.2) is 4.98 Å². The molecule has 0 fully saturated rings. The standard InChI is InChI=1S/C23H29N3O2S/c1-6-18-9-7-8-16(3)22(18)26(17(4)13-28-5)21(27)14-29-23-24-19-11-10-15(2)12-20(19)25-23/h7-12,17H,6,13-14H2,1-5H3,(H,24,25). The first-order chi connectivity index (χ1) is 13.9. The quantitative estimate of drug-likeness (QED) is 0.536. The van der Waals surface area contributed by atoms with Crippen LogP contribution in [0, 0.1) is 13.8 Å². The van der Waals surface area contributed by atoms with Crippen molar-refractivity contribution >= 4 is 34.4 Å². The summed E-state index contributed by atoms with van der Waals surface area (Å²) in [6.45, 7) is 8.75. The van der Waals surface area contributed by atoms with E-state index < -0.39 is 0 Å². The van der Waals surface area contributed by atoms with E-state index in [1.165, 1.54) is 22.9 Å². The Balaban J connectivity index is 1.85. The van der Waals surface area contributed by atoms with Gasteiger partial charge in [0.2, 0.25) is 5.91 Å². The lowest BCUT2D eigenvalue weighted by Gasteiger charge is -2.32. The number of imidazole rings is 1. The fourth-order valence-electron chi connectivity index (χ4n) is 3.62. The number of nitrogens with zero attached hydrogens (tertiary/aromatic N) is 2. The summed E-state index contributed by atoms with van der Waals surface area (Å²) in [5.41, 5.74) is 6.37. The number of aromatic amines is 1. The fourth-order valence-corrected chi connectivity index (χ4v) is 4.37. The normalized spacial score (nSPS) is 12.3. The van der Waals surface area contributed by atoms with Gasteiger partial charge in [-0.15, -0.1) is 0 Å². The van der Waals surface area contributed by atoms with E-state index in [1.54, 1.807) is 7.11 Å². The number of carbonyl (C=O) groups is 1. The molecule has 0 aliphatic heterocycles. The molecule has 1 N–H and O–H groups in total. The maximum Gasteiger partial charge on any atom is 0.237 e. The van der Waals surface area contributed by atoms with Crippen LogP contribution in [0.1, 0.15) is 30.5 Å². The summed E-state index contributed by atoms with van der Waals surface area (Å²) in [6.07, 6.45) is 0.872. The highest BCUT2D eigenvalue weighted by atomic mass is 32.2. The predicted octanol–water partition coefficient (Wildman–Crippen LogP) is 4.90. The number of aryl methyl sites for hydroxylation is 3. The molecule has 1 heterocycles. The second-order valence-electron chi connectivity index (χ2n) is 7.36. The fraction of sp³-hybridized carbons (Fsp3) is 0.391. The summed E-state index contributed by atoms with van der Waals surface area (Å²) in [5.74, 6) is 0.366. The van der Waals surface area contributed by atoms with Crippen LogP contribution in [0.15, 0.2) is 41.6 Å². The summed E-state index contributed by atoms with van der Waals surface area (Å²) in [5, 5.41) is 0.763. The first-order valence-corrected chi connectivity index (χ1v) is 10.9. The number of hydrogen-bond acceptors (Lipinski definition) is 4. The SMILES string of the molecule is CCc1cccc(C)c1N(C(=O)CSc1nc2ccc(C)cc2[nH]1)C(C)COC. The van der Waals surface area contributed by atoms with Gasteiger partial charge in [0, 0.05) is 7.11 Å². The van der Waals surface area contributed by atoms with Gasteiger partial charge in [0.05, 0.1) is 35.1 Å². The average Bonchev–Trinajstić information content (AvgIpc) is 3.10. The molecule has 3 rings (SSSR count). The zero-order valence-corrected chi connectivity index (χ0v) is 18.6. The third kappa shape index (κ3) is 4.82. The monoisotopic (exact) mass is 411 g/mol. The molecular weight excluding hydrogens is 382 g/mol. The molecule has 29 heavy (non-hydrogen) atoms. The lowest BCUT2D eigenvalue weighted by atomic mass is 10.0. The highest BCUT2D eigenvalue weighted by Gasteiger charge is 2.25. The van der Waals surface area contributed by atoms with Crippen LogP contribution >= 0.6 is 11.8 Å². The number of H-pyrrole nitrogens is 1. The van der Waals surface area contributed by atoms with Crippen LogP contribution in [0.4, 0.5) is 5.69 Å². The lowest BCUT2D eigenvalue weighted by Crippen LogP contribution is -2.43. The molecule has 0 aliphatic carbocycles. The number of amides is 1. The molecule has 154 valence electrons. The highest BCUT2D eigenvalue weighted by Crippen LogP contribution is 2.29. The number of aromatic nitrogens is 2. The number of ether oxygens (including phenoxy) is 1. The number of thioether (sulfide) groups is 1. The van der Waals surface area contributed by atoms with E-state index >= 15 is 0 Å². The van der Waals surface area contributed by atoms with Gasteiger partial charge in [-0.05, 0) is 56.0 Å². The van der Waals surface area contributed by atoms with Crippen molar-refractivity contribution in [1.82, 2.24) is 9.97 Å². The number of anilines is 1. The summed E-state index contributed by atoms with van der Waals surface area (Å²) in [7, 11) is 1.67. The lowest BCUT2D eigenvalue weighted by molar-refractivity contribution is -0.116. The minimum Gasteiger partial charge on any atom is -0.383 e. The summed E-state index contributed by atoms with van der Waals surface area (Å²) in [6, 6.07) is 12.3. The molecule has 0 aliphatic rings. The smallest absolute Gasteiger partial charge is 0.237 e. The largest absolute Gasteiger partial charge is 0.383 e. The minimum absolute atomic E-state index is 0.0557. The zero-order valence-electron chi connectivity index (χ0n) is 17.8. The third-order valence-electron chi connectivity index (χ3n) is 5.01. The van der Waals surface area contributed by atoms with Gasteiger partial charge in [-0.1, -0.05) is 43.0 Å². The maximum atomic E-state index is 13.3. The van der Waals surface area contributed by atoms with Crippen LogP contribution in [0.3, 0.4) is 0 Å². The molecule has 6 heteroatoms. The Hall–Kier alpha value is -2.31. The second kappa shape index (κ2) is 9.46. The van der Waals surface area contributed by atoms with Crippen molar-refractivity contribution in [1.29, 1.82) is 0 Å². The van der Waals surface area contributed by atoms with Gasteiger partial charge >= 0.3 is 0 Å². The Morgan fingerprint density at radius 1 is 1.28 bits per heavy atom. The molecular formula is C23H29N3O2S. The predicted molar refractivity (Wildman–Crippen MR) is 121 cm³/mol. The molecule has 0 spiro atoms. The Labute approximate surface area is 176 Å². The Morgan fingerprint density at radius 2 is 2.07 bits per heavy atom. The molecule has 5 nitrogen and oxygen atoms in total. The number of rotatable bonds is 8. The van der Waals surface area contributed by atoms with Crippen LogP contribution in [0.25, 0.3) is 11.0 Å². The number of methoxy groups -OCH3 is 1. The van der Waals surface area contributed by atoms with Crippen molar-refractivity contribution in [2.45, 2.75) is 45.3 Å². The average molecular weight is 412 g/mol. The van der Waals surface area contributed by atoms with Crippen molar-refractivity contribution in [2.24, 2.45) is 0 Å². The van der Waals surface area contributed by atoms with Gasteiger partial charge in [0.15, 0.2) is 5.16 Å². The van der Waals surface area contributed by atoms with Gasteiger partial charge in [0.25, 0.3) is 0 Å². The van der Waals surface area contributed by atoms with E-state index in [0.717, 1.165) is 33.9 Å². The van der Waals surface area contributed by atoms with Gasteiger partial charge in [-0.3, -0.25) is 4.79 Å². The van der Waals surface area contributed by atoms with E-state index in [9.17, 15) is 4.79 Å². The maximum absolute atomic E-state index is 13.3.